The monoisotopic (exact) mass is 359 g/mol. The molecule has 0 radical (unpaired) electrons. The summed E-state index contributed by atoms with van der Waals surface area (Å²) in [6.45, 7) is 7.01. The Kier molecular flexibility index (Phi) is 5.35. The topological polar surface area (TPSA) is 32.0 Å². The van der Waals surface area contributed by atoms with Crippen LogP contribution < -0.4 is 0 Å². The molecule has 0 bridgehead atoms. The lowest BCUT2D eigenvalue weighted by molar-refractivity contribution is 0.131. The third kappa shape index (κ3) is 4.47. The van der Waals surface area contributed by atoms with Crippen LogP contribution in [0.15, 0.2) is 76.0 Å². The van der Waals surface area contributed by atoms with Gasteiger partial charge in [-0.15, -0.1) is 0 Å². The predicted molar refractivity (Wildman–Crippen MR) is 112 cm³/mol. The fourth-order valence-electron chi connectivity index (χ4n) is 3.49. The molecule has 3 aromatic rings. The van der Waals surface area contributed by atoms with Crippen molar-refractivity contribution in [2.75, 3.05) is 26.2 Å². The van der Waals surface area contributed by atoms with E-state index in [1.165, 1.54) is 16.3 Å². The first-order valence-corrected chi connectivity index (χ1v) is 9.48. The molecule has 0 N–H and O–H groups in total. The Balaban J connectivity index is 1.33. The molecule has 1 aliphatic rings. The van der Waals surface area contributed by atoms with Crippen molar-refractivity contribution in [1.82, 2.24) is 9.91 Å². The molecule has 1 fully saturated rings. The molecule has 0 amide bonds. The fourth-order valence-corrected chi connectivity index (χ4v) is 3.49. The lowest BCUT2D eigenvalue weighted by Crippen LogP contribution is -2.43. The maximum atomic E-state index is 5.34. The Bertz CT molecular complexity index is 930. The Morgan fingerprint density at radius 3 is 2.63 bits per heavy atom. The highest BCUT2D eigenvalue weighted by atomic mass is 16.3. The molecular weight excluding hydrogens is 334 g/mol. The van der Waals surface area contributed by atoms with Gasteiger partial charge in [-0.2, -0.15) is 5.10 Å². The van der Waals surface area contributed by atoms with Gasteiger partial charge in [0.2, 0.25) is 0 Å². The zero-order chi connectivity index (χ0) is 18.5. The summed E-state index contributed by atoms with van der Waals surface area (Å²) in [4.78, 5) is 2.51. The Labute approximate surface area is 160 Å². The van der Waals surface area contributed by atoms with E-state index in [2.05, 4.69) is 57.5 Å². The van der Waals surface area contributed by atoms with Crippen molar-refractivity contribution in [3.8, 4) is 0 Å². The number of fused-ring (bicyclic) bond motifs is 1. The van der Waals surface area contributed by atoms with Crippen molar-refractivity contribution in [3.63, 3.8) is 0 Å². The number of hydrogen-bond acceptors (Lipinski definition) is 4. The number of nitrogens with zero attached hydrogens (tertiary/aromatic N) is 3. The molecular formula is C23H25N3O. The molecule has 0 aliphatic carbocycles. The number of hydrazone groups is 1. The van der Waals surface area contributed by atoms with Crippen molar-refractivity contribution in [2.24, 2.45) is 5.10 Å². The summed E-state index contributed by atoms with van der Waals surface area (Å²) in [5, 5.41) is 9.46. The van der Waals surface area contributed by atoms with Crippen LogP contribution in [0.5, 0.6) is 0 Å². The van der Waals surface area contributed by atoms with Crippen LogP contribution in [0.1, 0.15) is 18.2 Å². The van der Waals surface area contributed by atoms with E-state index < -0.39 is 0 Å². The Hall–Kier alpha value is -2.85. The van der Waals surface area contributed by atoms with Crippen molar-refractivity contribution >= 4 is 23.1 Å². The lowest BCUT2D eigenvalue weighted by Gasteiger charge is -2.33. The minimum Gasteiger partial charge on any atom is -0.465 e. The molecule has 4 rings (SSSR count). The second kappa shape index (κ2) is 8.23. The maximum Gasteiger partial charge on any atom is 0.126 e. The van der Waals surface area contributed by atoms with Crippen LogP contribution in [0, 0.1) is 0 Å². The summed E-state index contributed by atoms with van der Waals surface area (Å²) in [5.41, 5.74) is 2.49. The summed E-state index contributed by atoms with van der Waals surface area (Å²) in [5.74, 6) is 0.860. The van der Waals surface area contributed by atoms with Crippen LogP contribution in [-0.4, -0.2) is 42.3 Å². The third-order valence-electron chi connectivity index (χ3n) is 4.96. The van der Waals surface area contributed by atoms with Gasteiger partial charge in [-0.3, -0.25) is 9.91 Å². The zero-order valence-corrected chi connectivity index (χ0v) is 15.7. The second-order valence-electron chi connectivity index (χ2n) is 7.02. The van der Waals surface area contributed by atoms with Gasteiger partial charge in [0.15, 0.2) is 0 Å². The van der Waals surface area contributed by atoms with Crippen LogP contribution in [0.4, 0.5) is 0 Å². The average Bonchev–Trinajstić information content (AvgIpc) is 3.21. The van der Waals surface area contributed by atoms with E-state index in [1.807, 2.05) is 31.3 Å². The van der Waals surface area contributed by atoms with Crippen LogP contribution in [-0.2, 0) is 6.54 Å². The van der Waals surface area contributed by atoms with Gasteiger partial charge in [-0.1, -0.05) is 42.5 Å². The number of hydrogen-bond donors (Lipinski definition) is 0. The molecule has 0 unspecified atom stereocenters. The number of rotatable bonds is 5. The molecule has 1 aromatic heterocycles. The highest BCUT2D eigenvalue weighted by molar-refractivity contribution is 5.85. The second-order valence-corrected chi connectivity index (χ2v) is 7.02. The quantitative estimate of drug-likeness (QED) is 0.622. The summed E-state index contributed by atoms with van der Waals surface area (Å²) in [6, 6.07) is 19.1. The van der Waals surface area contributed by atoms with Crippen LogP contribution >= 0.6 is 0 Å². The van der Waals surface area contributed by atoms with E-state index >= 15 is 0 Å². The minimum absolute atomic E-state index is 0.860. The molecule has 0 saturated carbocycles. The highest BCUT2D eigenvalue weighted by Crippen LogP contribution is 2.20. The molecule has 0 atom stereocenters. The number of piperazine rings is 1. The van der Waals surface area contributed by atoms with Gasteiger partial charge in [0.25, 0.3) is 0 Å². The maximum absolute atomic E-state index is 5.34. The Morgan fingerprint density at radius 1 is 1.00 bits per heavy atom. The number of furan rings is 1. The van der Waals surface area contributed by atoms with Crippen molar-refractivity contribution in [3.05, 3.63) is 77.8 Å². The van der Waals surface area contributed by atoms with Crippen molar-refractivity contribution < 1.29 is 4.42 Å². The third-order valence-corrected chi connectivity index (χ3v) is 4.96. The first-order chi connectivity index (χ1) is 13.3. The van der Waals surface area contributed by atoms with Gasteiger partial charge < -0.3 is 4.42 Å². The smallest absolute Gasteiger partial charge is 0.126 e. The molecule has 4 heteroatoms. The predicted octanol–water partition coefficient (Wildman–Crippen LogP) is 4.64. The van der Waals surface area contributed by atoms with Gasteiger partial charge in [-0.05, 0) is 47.0 Å². The normalized spacial score (nSPS) is 16.5. The lowest BCUT2D eigenvalue weighted by atomic mass is 10.0. The summed E-state index contributed by atoms with van der Waals surface area (Å²) in [6.07, 6.45) is 5.61. The van der Waals surface area contributed by atoms with E-state index in [-0.39, 0.29) is 0 Å². The van der Waals surface area contributed by atoms with Gasteiger partial charge in [-0.25, -0.2) is 0 Å². The molecule has 1 saturated heterocycles. The molecule has 2 heterocycles. The van der Waals surface area contributed by atoms with Gasteiger partial charge in [0, 0.05) is 32.7 Å². The summed E-state index contributed by atoms with van der Waals surface area (Å²) in [7, 11) is 0. The van der Waals surface area contributed by atoms with Crippen LogP contribution in [0.3, 0.4) is 0 Å². The molecule has 27 heavy (non-hydrogen) atoms. The molecule has 2 aromatic carbocycles. The van der Waals surface area contributed by atoms with Gasteiger partial charge >= 0.3 is 0 Å². The van der Waals surface area contributed by atoms with E-state index in [4.69, 9.17) is 4.42 Å². The van der Waals surface area contributed by atoms with E-state index in [0.717, 1.165) is 44.1 Å². The summed E-state index contributed by atoms with van der Waals surface area (Å²) < 4.78 is 5.34. The summed E-state index contributed by atoms with van der Waals surface area (Å²) >= 11 is 0. The van der Waals surface area contributed by atoms with Crippen LogP contribution in [0.2, 0.25) is 0 Å². The minimum atomic E-state index is 0.860. The van der Waals surface area contributed by atoms with Crippen molar-refractivity contribution in [1.29, 1.82) is 0 Å². The van der Waals surface area contributed by atoms with E-state index in [0.29, 0.717) is 0 Å². The standard InChI is InChI=1S/C23H25N3O/c1-19(16-22-9-5-15-27-22)17-24-26-13-11-25(12-14-26)18-21-8-4-7-20-6-2-3-10-23(20)21/h2-10,15-17H,11-14,18H2,1H3/b19-16+,24-17+. The van der Waals surface area contributed by atoms with E-state index in [9.17, 15) is 0 Å². The first-order valence-electron chi connectivity index (χ1n) is 9.48. The molecule has 0 spiro atoms. The SMILES string of the molecule is CC(/C=N/N1CCN(Cc2cccc3ccccc23)CC1)=C\c1ccco1. The number of benzene rings is 2. The van der Waals surface area contributed by atoms with Gasteiger partial charge in [0.05, 0.1) is 12.5 Å². The van der Waals surface area contributed by atoms with Crippen molar-refractivity contribution in [2.45, 2.75) is 13.5 Å². The Morgan fingerprint density at radius 2 is 1.81 bits per heavy atom. The molecule has 1 aliphatic heterocycles. The average molecular weight is 359 g/mol. The fraction of sp³-hybridized carbons (Fsp3) is 0.261. The number of allylic oxidation sites excluding steroid dienone is 1. The highest BCUT2D eigenvalue weighted by Gasteiger charge is 2.16. The zero-order valence-electron chi connectivity index (χ0n) is 15.7. The first kappa shape index (κ1) is 17.6. The molecule has 138 valence electrons. The van der Waals surface area contributed by atoms with Gasteiger partial charge in [0.1, 0.15) is 5.76 Å². The molecule has 4 nitrogen and oxygen atoms in total. The van der Waals surface area contributed by atoms with Crippen LogP contribution in [0.25, 0.3) is 16.8 Å². The largest absolute Gasteiger partial charge is 0.465 e. The van der Waals surface area contributed by atoms with E-state index in [1.54, 1.807) is 6.26 Å².